The van der Waals surface area contributed by atoms with E-state index < -0.39 is 5.41 Å². The second-order valence-corrected chi connectivity index (χ2v) is 9.08. The summed E-state index contributed by atoms with van der Waals surface area (Å²) in [5.74, 6) is 0.397. The van der Waals surface area contributed by atoms with Crippen LogP contribution in [0, 0.1) is 30.1 Å². The molecule has 0 saturated carbocycles. The van der Waals surface area contributed by atoms with Crippen LogP contribution in [-0.4, -0.2) is 22.5 Å². The lowest BCUT2D eigenvalue weighted by Gasteiger charge is -2.45. The van der Waals surface area contributed by atoms with Crippen molar-refractivity contribution in [2.24, 2.45) is 16.8 Å². The number of benzene rings is 1. The average Bonchev–Trinajstić information content (AvgIpc) is 2.82. The van der Waals surface area contributed by atoms with Crippen LogP contribution in [0.4, 0.5) is 0 Å². The number of aromatic nitrogens is 2. The zero-order valence-corrected chi connectivity index (χ0v) is 19.6. The number of hydrogen-bond donors (Lipinski definition) is 0. The van der Waals surface area contributed by atoms with Crippen molar-refractivity contribution in [2.75, 3.05) is 0 Å². The Morgan fingerprint density at radius 1 is 1.30 bits per heavy atom. The molecule has 2 aromatic rings. The largest absolute Gasteiger partial charge is 0.293 e. The molecule has 1 heterocycles. The van der Waals surface area contributed by atoms with Gasteiger partial charge in [-0.2, -0.15) is 5.26 Å². The minimum Gasteiger partial charge on any atom is -0.293 e. The molecule has 1 aromatic heterocycles. The van der Waals surface area contributed by atoms with Crippen molar-refractivity contribution in [3.05, 3.63) is 76.9 Å². The first kappa shape index (κ1) is 22.5. The standard InChI is InChI=1S/C28H28N4O/c1-6-19(13-14-30-5)27-31-24(20-9-7-17(2)8-10-20)22-11-12-23-18(3)25(33)21(16-29)15-28(23,4)26(22)32-27/h6-10,13-15,18,23H,5,11-12H2,1-4H3/b14-13-,19-6+/t18-,23-,28-/m1/s1. The summed E-state index contributed by atoms with van der Waals surface area (Å²) >= 11 is 0. The topological polar surface area (TPSA) is 79.0 Å². The van der Waals surface area contributed by atoms with Crippen LogP contribution in [0.1, 0.15) is 49.8 Å². The van der Waals surface area contributed by atoms with Crippen LogP contribution in [0.15, 0.2) is 59.3 Å². The Hall–Kier alpha value is -3.65. The first-order valence-electron chi connectivity index (χ1n) is 11.3. The van der Waals surface area contributed by atoms with E-state index in [4.69, 9.17) is 9.97 Å². The fourth-order valence-corrected chi connectivity index (χ4v) is 5.28. The number of allylic oxidation sites excluding steroid dienone is 5. The van der Waals surface area contributed by atoms with Gasteiger partial charge in [-0.25, -0.2) is 9.97 Å². The predicted octanol–water partition coefficient (Wildman–Crippen LogP) is 5.56. The van der Waals surface area contributed by atoms with Gasteiger partial charge < -0.3 is 0 Å². The molecule has 0 bridgehead atoms. The number of nitrogens with zero attached hydrogens (tertiary/aromatic N) is 4. The molecule has 5 nitrogen and oxygen atoms in total. The van der Waals surface area contributed by atoms with Crippen LogP contribution in [-0.2, 0) is 16.6 Å². The number of aryl methyl sites for hydroxylation is 1. The Kier molecular flexibility index (Phi) is 5.95. The van der Waals surface area contributed by atoms with Crippen LogP contribution in [0.2, 0.25) is 0 Å². The van der Waals surface area contributed by atoms with Gasteiger partial charge in [0.05, 0.1) is 17.0 Å². The Balaban J connectivity index is 2.03. The van der Waals surface area contributed by atoms with Gasteiger partial charge in [0.1, 0.15) is 6.07 Å². The molecule has 4 rings (SSSR count). The number of rotatable bonds is 4. The van der Waals surface area contributed by atoms with E-state index in [1.165, 1.54) is 5.56 Å². The summed E-state index contributed by atoms with van der Waals surface area (Å²) < 4.78 is 0. The summed E-state index contributed by atoms with van der Waals surface area (Å²) in [5, 5.41) is 9.66. The van der Waals surface area contributed by atoms with Gasteiger partial charge in [-0.05, 0) is 45.4 Å². The normalized spacial score (nSPS) is 24.6. The summed E-state index contributed by atoms with van der Waals surface area (Å²) in [5.41, 5.74) is 5.68. The minimum absolute atomic E-state index is 0.0643. The second-order valence-electron chi connectivity index (χ2n) is 9.08. The third kappa shape index (κ3) is 3.76. The van der Waals surface area contributed by atoms with Gasteiger partial charge in [0.25, 0.3) is 0 Å². The number of ketones is 1. The maximum Gasteiger partial charge on any atom is 0.176 e. The number of Topliss-reactive ketones (excluding diaryl/α,β-unsaturated/α-hetero) is 1. The lowest BCUT2D eigenvalue weighted by molar-refractivity contribution is -0.121. The number of aliphatic imine (C=N–C) groups is 1. The SMILES string of the molecule is C=N/C=C\C(=C/C)c1nc(-c2ccc(C)cc2)c2c(n1)[C@]1(C)C=C(C#N)C(=O)[C@H](C)[C@H]1CC2. The zero-order chi connectivity index (χ0) is 23.8. The number of carbonyl (C=O) groups is 1. The molecule has 3 atom stereocenters. The van der Waals surface area contributed by atoms with Gasteiger partial charge in [0, 0.05) is 34.2 Å². The number of fused-ring (bicyclic) bond motifs is 3. The van der Waals surface area contributed by atoms with Gasteiger partial charge in [-0.15, -0.1) is 0 Å². The monoisotopic (exact) mass is 436 g/mol. The smallest absolute Gasteiger partial charge is 0.176 e. The van der Waals surface area contributed by atoms with E-state index >= 15 is 0 Å². The molecule has 2 aliphatic rings. The third-order valence-corrected chi connectivity index (χ3v) is 7.09. The molecule has 166 valence electrons. The van der Waals surface area contributed by atoms with Crippen molar-refractivity contribution >= 4 is 18.1 Å². The van der Waals surface area contributed by atoms with Crippen LogP contribution in [0.5, 0.6) is 0 Å². The van der Waals surface area contributed by atoms with Crippen LogP contribution >= 0.6 is 0 Å². The molecule has 0 radical (unpaired) electrons. The van der Waals surface area contributed by atoms with Gasteiger partial charge in [-0.3, -0.25) is 9.79 Å². The van der Waals surface area contributed by atoms with Crippen molar-refractivity contribution in [1.82, 2.24) is 9.97 Å². The summed E-state index contributed by atoms with van der Waals surface area (Å²) in [4.78, 5) is 26.7. The lowest BCUT2D eigenvalue weighted by Crippen LogP contribution is -2.46. The van der Waals surface area contributed by atoms with E-state index in [-0.39, 0.29) is 23.2 Å². The molecular weight excluding hydrogens is 408 g/mol. The number of nitriles is 1. The molecule has 0 amide bonds. The highest BCUT2D eigenvalue weighted by Crippen LogP contribution is 2.50. The van der Waals surface area contributed by atoms with Gasteiger partial charge >= 0.3 is 0 Å². The molecule has 33 heavy (non-hydrogen) atoms. The van der Waals surface area contributed by atoms with Gasteiger partial charge in [0.2, 0.25) is 0 Å². The molecule has 2 aliphatic carbocycles. The van der Waals surface area contributed by atoms with Crippen molar-refractivity contribution in [3.8, 4) is 17.3 Å². The maximum atomic E-state index is 12.8. The highest BCUT2D eigenvalue weighted by atomic mass is 16.1. The molecular formula is C28H28N4O. The minimum atomic E-state index is -0.525. The fourth-order valence-electron chi connectivity index (χ4n) is 5.28. The summed E-state index contributed by atoms with van der Waals surface area (Å²) in [6.45, 7) is 11.6. The van der Waals surface area contributed by atoms with Crippen LogP contribution in [0.25, 0.3) is 16.8 Å². The van der Waals surface area contributed by atoms with Crippen molar-refractivity contribution in [1.29, 1.82) is 5.26 Å². The molecule has 1 aromatic carbocycles. The summed E-state index contributed by atoms with van der Waals surface area (Å²) in [7, 11) is 0. The Bertz CT molecular complexity index is 1260. The van der Waals surface area contributed by atoms with E-state index in [0.29, 0.717) is 5.82 Å². The van der Waals surface area contributed by atoms with Gasteiger partial charge in [-0.1, -0.05) is 55.8 Å². The Morgan fingerprint density at radius 2 is 2.03 bits per heavy atom. The molecule has 5 heteroatoms. The van der Waals surface area contributed by atoms with E-state index in [9.17, 15) is 10.1 Å². The van der Waals surface area contributed by atoms with E-state index in [2.05, 4.69) is 55.9 Å². The van der Waals surface area contributed by atoms with E-state index in [1.54, 1.807) is 6.20 Å². The first-order valence-corrected chi connectivity index (χ1v) is 11.3. The highest BCUT2D eigenvalue weighted by Gasteiger charge is 2.49. The lowest BCUT2D eigenvalue weighted by atomic mass is 9.57. The second kappa shape index (κ2) is 8.71. The highest BCUT2D eigenvalue weighted by molar-refractivity contribution is 6.02. The summed E-state index contributed by atoms with van der Waals surface area (Å²) in [6, 6.07) is 10.5. The predicted molar refractivity (Wildman–Crippen MR) is 132 cm³/mol. The van der Waals surface area contributed by atoms with Crippen molar-refractivity contribution in [3.63, 3.8) is 0 Å². The molecule has 0 spiro atoms. The van der Waals surface area contributed by atoms with Crippen molar-refractivity contribution < 1.29 is 4.79 Å². The number of carbonyl (C=O) groups excluding carboxylic acids is 1. The Morgan fingerprint density at radius 3 is 2.67 bits per heavy atom. The Labute approximate surface area is 195 Å². The molecule has 0 unspecified atom stereocenters. The first-order chi connectivity index (χ1) is 15.8. The quantitative estimate of drug-likeness (QED) is 0.464. The third-order valence-electron chi connectivity index (χ3n) is 7.09. The summed E-state index contributed by atoms with van der Waals surface area (Å²) in [6.07, 6.45) is 8.92. The van der Waals surface area contributed by atoms with Crippen LogP contribution in [0.3, 0.4) is 0 Å². The molecule has 0 saturated heterocycles. The average molecular weight is 437 g/mol. The van der Waals surface area contributed by atoms with Crippen molar-refractivity contribution in [2.45, 2.75) is 46.0 Å². The fraction of sp³-hybridized carbons (Fsp3) is 0.321. The van der Waals surface area contributed by atoms with Gasteiger partial charge in [0.15, 0.2) is 11.6 Å². The molecule has 0 aliphatic heterocycles. The van der Waals surface area contributed by atoms with E-state index in [1.807, 2.05) is 32.1 Å². The number of hydrogen-bond acceptors (Lipinski definition) is 5. The van der Waals surface area contributed by atoms with E-state index in [0.717, 1.165) is 40.9 Å². The molecule has 0 fully saturated rings. The maximum absolute atomic E-state index is 12.8. The zero-order valence-electron chi connectivity index (χ0n) is 19.6. The van der Waals surface area contributed by atoms with Crippen LogP contribution < -0.4 is 0 Å². The molecule has 0 N–H and O–H groups in total.